The predicted molar refractivity (Wildman–Crippen MR) is 88.0 cm³/mol. The average Bonchev–Trinajstić information content (AvgIpc) is 2.75. The van der Waals surface area contributed by atoms with Gasteiger partial charge in [0.25, 0.3) is 0 Å². The first-order valence-corrected chi connectivity index (χ1v) is 8.54. The lowest BCUT2D eigenvalue weighted by atomic mass is 9.91. The molecule has 0 spiro atoms. The van der Waals surface area contributed by atoms with Gasteiger partial charge < -0.3 is 14.6 Å². The summed E-state index contributed by atoms with van der Waals surface area (Å²) in [6.07, 6.45) is 8.12. The number of ether oxygens (including phenoxy) is 2. The van der Waals surface area contributed by atoms with Gasteiger partial charge in [-0.25, -0.2) is 0 Å². The summed E-state index contributed by atoms with van der Waals surface area (Å²) in [5, 5.41) is 10.6. The van der Waals surface area contributed by atoms with Crippen LogP contribution in [0, 0.1) is 5.92 Å². The quantitative estimate of drug-likeness (QED) is 0.765. The molecule has 1 N–H and O–H groups in total. The lowest BCUT2D eigenvalue weighted by Gasteiger charge is -2.21. The van der Waals surface area contributed by atoms with E-state index < -0.39 is 6.10 Å². The van der Waals surface area contributed by atoms with Crippen molar-refractivity contribution in [3.05, 3.63) is 22.2 Å². The Balaban J connectivity index is 2.12. The van der Waals surface area contributed by atoms with E-state index >= 15 is 0 Å². The summed E-state index contributed by atoms with van der Waals surface area (Å²) >= 11 is 3.54. The number of hydrogen-bond donors (Lipinski definition) is 1. The molecule has 1 atom stereocenters. The molecule has 4 heteroatoms. The van der Waals surface area contributed by atoms with Crippen molar-refractivity contribution in [2.24, 2.45) is 5.92 Å². The van der Waals surface area contributed by atoms with Crippen molar-refractivity contribution in [1.82, 2.24) is 0 Å². The number of methoxy groups -OCH3 is 2. The Bertz CT molecular complexity index is 454. The molecule has 0 radical (unpaired) electrons. The first-order valence-electron chi connectivity index (χ1n) is 7.75. The largest absolute Gasteiger partial charge is 0.493 e. The van der Waals surface area contributed by atoms with Gasteiger partial charge in [-0.3, -0.25) is 0 Å². The van der Waals surface area contributed by atoms with E-state index in [1.807, 2.05) is 12.1 Å². The summed E-state index contributed by atoms with van der Waals surface area (Å²) in [6.45, 7) is 0. The molecule has 1 aromatic carbocycles. The van der Waals surface area contributed by atoms with E-state index in [0.717, 1.165) is 16.5 Å². The summed E-state index contributed by atoms with van der Waals surface area (Å²) in [5.74, 6) is 1.97. The summed E-state index contributed by atoms with van der Waals surface area (Å²) in [5.41, 5.74) is 0.886. The zero-order chi connectivity index (χ0) is 15.2. The highest BCUT2D eigenvalue weighted by molar-refractivity contribution is 9.10. The second kappa shape index (κ2) is 8.04. The van der Waals surface area contributed by atoms with Gasteiger partial charge in [0.1, 0.15) is 0 Å². The van der Waals surface area contributed by atoms with Gasteiger partial charge in [-0.1, -0.05) is 54.5 Å². The molecule has 21 heavy (non-hydrogen) atoms. The van der Waals surface area contributed by atoms with Crippen LogP contribution < -0.4 is 9.47 Å². The second-order valence-electron chi connectivity index (χ2n) is 5.84. The number of rotatable bonds is 5. The van der Waals surface area contributed by atoms with E-state index in [-0.39, 0.29) is 0 Å². The molecule has 118 valence electrons. The molecule has 0 heterocycles. The predicted octanol–water partition coefficient (Wildman–Crippen LogP) is 4.86. The Kier molecular flexibility index (Phi) is 6.37. The van der Waals surface area contributed by atoms with Crippen LogP contribution in [-0.4, -0.2) is 19.3 Å². The van der Waals surface area contributed by atoms with Crippen LogP contribution in [0.4, 0.5) is 0 Å². The number of aliphatic hydroxyl groups is 1. The fourth-order valence-electron chi connectivity index (χ4n) is 3.17. The van der Waals surface area contributed by atoms with E-state index in [0.29, 0.717) is 17.4 Å². The molecule has 0 amide bonds. The maximum atomic E-state index is 10.6. The molecule has 1 saturated carbocycles. The lowest BCUT2D eigenvalue weighted by molar-refractivity contribution is 0.138. The number of benzene rings is 1. The third-order valence-corrected chi connectivity index (χ3v) is 5.08. The normalized spacial score (nSPS) is 18.1. The van der Waals surface area contributed by atoms with Crippen LogP contribution in [0.15, 0.2) is 16.6 Å². The molecular weight excluding hydrogens is 332 g/mol. The summed E-state index contributed by atoms with van der Waals surface area (Å²) < 4.78 is 11.5. The Labute approximate surface area is 135 Å². The first-order chi connectivity index (χ1) is 10.2. The molecule has 0 saturated heterocycles. The van der Waals surface area contributed by atoms with Crippen molar-refractivity contribution < 1.29 is 14.6 Å². The third kappa shape index (κ3) is 4.36. The highest BCUT2D eigenvalue weighted by Gasteiger charge is 2.21. The summed E-state index contributed by atoms with van der Waals surface area (Å²) in [4.78, 5) is 0. The third-order valence-electron chi connectivity index (χ3n) is 4.39. The molecule has 1 aromatic rings. The molecule has 1 fully saturated rings. The van der Waals surface area contributed by atoms with Crippen molar-refractivity contribution in [2.45, 2.75) is 51.0 Å². The first kappa shape index (κ1) is 16.6. The molecule has 1 aliphatic rings. The van der Waals surface area contributed by atoms with Crippen LogP contribution in [0.3, 0.4) is 0 Å². The van der Waals surface area contributed by atoms with E-state index in [2.05, 4.69) is 15.9 Å². The van der Waals surface area contributed by atoms with E-state index in [9.17, 15) is 5.11 Å². The van der Waals surface area contributed by atoms with Crippen molar-refractivity contribution in [3.8, 4) is 11.5 Å². The minimum Gasteiger partial charge on any atom is -0.493 e. The molecule has 1 aliphatic carbocycles. The minimum absolute atomic E-state index is 0.456. The fourth-order valence-corrected chi connectivity index (χ4v) is 3.75. The second-order valence-corrected chi connectivity index (χ2v) is 6.69. The lowest BCUT2D eigenvalue weighted by Crippen LogP contribution is -2.08. The van der Waals surface area contributed by atoms with Crippen LogP contribution in [0.1, 0.15) is 56.6 Å². The van der Waals surface area contributed by atoms with E-state index in [1.165, 1.54) is 38.5 Å². The summed E-state index contributed by atoms with van der Waals surface area (Å²) in [7, 11) is 3.24. The van der Waals surface area contributed by atoms with Crippen molar-refractivity contribution in [1.29, 1.82) is 0 Å². The van der Waals surface area contributed by atoms with Gasteiger partial charge in [0, 0.05) is 4.47 Å². The smallest absolute Gasteiger partial charge is 0.161 e. The van der Waals surface area contributed by atoms with Crippen LogP contribution in [0.5, 0.6) is 11.5 Å². The Morgan fingerprint density at radius 1 is 1.10 bits per heavy atom. The van der Waals surface area contributed by atoms with Gasteiger partial charge >= 0.3 is 0 Å². The molecule has 2 rings (SSSR count). The Hall–Kier alpha value is -0.740. The van der Waals surface area contributed by atoms with E-state index in [1.54, 1.807) is 14.2 Å². The van der Waals surface area contributed by atoms with Gasteiger partial charge in [0.2, 0.25) is 0 Å². The van der Waals surface area contributed by atoms with Crippen LogP contribution in [0.2, 0.25) is 0 Å². The van der Waals surface area contributed by atoms with Gasteiger partial charge in [0.15, 0.2) is 11.5 Å². The topological polar surface area (TPSA) is 38.7 Å². The SMILES string of the molecule is COc1cc(Br)c(C(O)CC2CCCCCC2)cc1OC. The van der Waals surface area contributed by atoms with Gasteiger partial charge in [-0.15, -0.1) is 0 Å². The van der Waals surface area contributed by atoms with Crippen molar-refractivity contribution >= 4 is 15.9 Å². The molecule has 0 aliphatic heterocycles. The number of halogens is 1. The zero-order valence-electron chi connectivity index (χ0n) is 12.9. The Morgan fingerprint density at radius 3 is 2.24 bits per heavy atom. The maximum Gasteiger partial charge on any atom is 0.161 e. The van der Waals surface area contributed by atoms with Crippen molar-refractivity contribution in [2.75, 3.05) is 14.2 Å². The Morgan fingerprint density at radius 2 is 1.67 bits per heavy atom. The average molecular weight is 357 g/mol. The van der Waals surface area contributed by atoms with Gasteiger partial charge in [0.05, 0.1) is 20.3 Å². The molecular formula is C17H25BrO3. The highest BCUT2D eigenvalue weighted by Crippen LogP contribution is 2.39. The monoisotopic (exact) mass is 356 g/mol. The molecule has 1 unspecified atom stereocenters. The molecule has 0 bridgehead atoms. The zero-order valence-corrected chi connectivity index (χ0v) is 14.5. The molecule has 3 nitrogen and oxygen atoms in total. The van der Waals surface area contributed by atoms with Crippen molar-refractivity contribution in [3.63, 3.8) is 0 Å². The summed E-state index contributed by atoms with van der Waals surface area (Å²) in [6, 6.07) is 3.74. The maximum absolute atomic E-state index is 10.6. The van der Waals surface area contributed by atoms with Crippen LogP contribution >= 0.6 is 15.9 Å². The minimum atomic E-state index is -0.456. The number of aliphatic hydroxyl groups excluding tert-OH is 1. The van der Waals surface area contributed by atoms with Gasteiger partial charge in [-0.05, 0) is 30.0 Å². The van der Waals surface area contributed by atoms with Gasteiger partial charge in [-0.2, -0.15) is 0 Å². The fraction of sp³-hybridized carbons (Fsp3) is 0.647. The molecule has 0 aromatic heterocycles. The van der Waals surface area contributed by atoms with E-state index in [4.69, 9.17) is 9.47 Å². The van der Waals surface area contributed by atoms with Crippen LogP contribution in [0.25, 0.3) is 0 Å². The van der Waals surface area contributed by atoms with Crippen LogP contribution in [-0.2, 0) is 0 Å². The number of hydrogen-bond acceptors (Lipinski definition) is 3. The standard InChI is InChI=1S/C17H25BrO3/c1-20-16-10-13(14(18)11-17(16)21-2)15(19)9-12-7-5-3-4-6-8-12/h10-12,15,19H,3-9H2,1-2H3. The highest BCUT2D eigenvalue weighted by atomic mass is 79.9.